The van der Waals surface area contributed by atoms with Gasteiger partial charge in [-0.1, -0.05) is 74.5 Å². The van der Waals surface area contributed by atoms with Crippen LogP contribution in [0.25, 0.3) is 0 Å². The molecule has 2 aromatic rings. The molecule has 0 radical (unpaired) electrons. The number of hydrogen-bond acceptors (Lipinski definition) is 2. The first-order chi connectivity index (χ1) is 12.7. The van der Waals surface area contributed by atoms with Crippen molar-refractivity contribution in [3.63, 3.8) is 0 Å². The Kier molecular flexibility index (Phi) is 6.66. The van der Waals surface area contributed by atoms with Crippen molar-refractivity contribution in [3.8, 4) is 0 Å². The fraction of sp³-hybridized carbons (Fsp3) is 0.429. The van der Waals surface area contributed by atoms with Crippen LogP contribution in [-0.2, 0) is 17.6 Å². The average molecular weight is 371 g/mol. The summed E-state index contributed by atoms with van der Waals surface area (Å²) >= 11 is 0. The van der Waals surface area contributed by atoms with Crippen molar-refractivity contribution >= 4 is 7.58 Å². The van der Waals surface area contributed by atoms with Gasteiger partial charge in [-0.15, -0.1) is 0 Å². The zero-order chi connectivity index (χ0) is 18.4. The molecule has 2 aromatic carbocycles. The second-order valence-electron chi connectivity index (χ2n) is 6.69. The minimum Gasteiger partial charge on any atom is -0.317 e. The fourth-order valence-corrected chi connectivity index (χ4v) is 6.98. The van der Waals surface area contributed by atoms with Crippen LogP contribution in [-0.4, -0.2) is 35.1 Å². The molecule has 26 heavy (non-hydrogen) atoms. The third-order valence-electron chi connectivity index (χ3n) is 4.74. The van der Waals surface area contributed by atoms with Crippen molar-refractivity contribution in [1.82, 2.24) is 9.34 Å². The Morgan fingerprint density at radius 3 is 2.15 bits per heavy atom. The molecule has 0 aliphatic carbocycles. The predicted molar refractivity (Wildman–Crippen MR) is 110 cm³/mol. The summed E-state index contributed by atoms with van der Waals surface area (Å²) in [5.74, 6) is 0. The van der Waals surface area contributed by atoms with Gasteiger partial charge >= 0.3 is 0 Å². The summed E-state index contributed by atoms with van der Waals surface area (Å²) in [5.41, 5.74) is 2.55. The van der Waals surface area contributed by atoms with Crippen LogP contribution in [0.1, 0.15) is 31.9 Å². The number of rotatable bonds is 7. The molecule has 0 amide bonds. The molecule has 5 heteroatoms. The van der Waals surface area contributed by atoms with Crippen LogP contribution in [0.4, 0.5) is 0 Å². The van der Waals surface area contributed by atoms with Crippen LogP contribution in [0.15, 0.2) is 65.4 Å². The largest absolute Gasteiger partial charge is 0.317 e. The van der Waals surface area contributed by atoms with E-state index in [1.165, 1.54) is 11.1 Å². The summed E-state index contributed by atoms with van der Waals surface area (Å²) < 4.78 is 16.8. The minimum absolute atomic E-state index is 0.201. The quantitative estimate of drug-likeness (QED) is 0.610. The zero-order valence-corrected chi connectivity index (χ0v) is 17.0. The van der Waals surface area contributed by atoms with E-state index in [-0.39, 0.29) is 6.10 Å². The summed E-state index contributed by atoms with van der Waals surface area (Å²) in [7, 11) is -2.16. The van der Waals surface area contributed by atoms with Crippen molar-refractivity contribution in [1.29, 1.82) is 0 Å². The highest BCUT2D eigenvalue weighted by atomic mass is 31.2. The van der Waals surface area contributed by atoms with Crippen LogP contribution in [0.2, 0.25) is 0 Å². The highest BCUT2D eigenvalue weighted by Gasteiger charge is 2.42. The molecule has 2 unspecified atom stereocenters. The van der Waals surface area contributed by atoms with E-state index in [1.54, 1.807) is 0 Å². The third kappa shape index (κ3) is 4.27. The Morgan fingerprint density at radius 2 is 1.58 bits per heavy atom. The van der Waals surface area contributed by atoms with E-state index in [9.17, 15) is 0 Å². The van der Waals surface area contributed by atoms with Crippen molar-refractivity contribution in [3.05, 3.63) is 71.8 Å². The maximum atomic E-state index is 6.60. The molecule has 0 spiro atoms. The second-order valence-corrected chi connectivity index (χ2v) is 9.34. The molecule has 0 bridgehead atoms. The van der Waals surface area contributed by atoms with Crippen LogP contribution in [0.5, 0.6) is 0 Å². The van der Waals surface area contributed by atoms with Gasteiger partial charge in [-0.05, 0) is 18.1 Å². The summed E-state index contributed by atoms with van der Waals surface area (Å²) in [4.78, 5) is 0. The van der Waals surface area contributed by atoms with Crippen LogP contribution in [0, 0.1) is 0 Å². The smallest absolute Gasteiger partial charge is 0.228 e. The van der Waals surface area contributed by atoms with E-state index in [0.29, 0.717) is 6.54 Å². The second kappa shape index (κ2) is 8.96. The Labute approximate surface area is 158 Å². The first-order valence-electron chi connectivity index (χ1n) is 9.53. The summed E-state index contributed by atoms with van der Waals surface area (Å²) in [6, 6.07) is 21.2. The van der Waals surface area contributed by atoms with E-state index >= 15 is 0 Å². The lowest BCUT2D eigenvalue weighted by Gasteiger charge is -2.37. The average Bonchev–Trinajstić information content (AvgIpc) is 2.99. The van der Waals surface area contributed by atoms with E-state index in [4.69, 9.17) is 9.27 Å². The molecular weight excluding hydrogens is 341 g/mol. The summed E-state index contributed by atoms with van der Waals surface area (Å²) in [6.07, 6.45) is 0.201. The van der Waals surface area contributed by atoms with Crippen molar-refractivity contribution < 1.29 is 4.52 Å². The third-order valence-corrected chi connectivity index (χ3v) is 8.24. The number of nitrogens with zero attached hydrogens (tertiary/aromatic N) is 3. The fourth-order valence-electron chi connectivity index (χ4n) is 3.50. The standard InChI is InChI=1S/C21H30N3OP/c1-4-23(5-2)26(22-16-20-12-8-6-9-13-20)24(17-19(3)25-26)18-21-14-10-7-11-15-21/h6-15,19H,4-5,16-18H2,1-3H3. The normalized spacial score (nSPS) is 23.5. The summed E-state index contributed by atoms with van der Waals surface area (Å²) in [5, 5.41) is 0. The highest BCUT2D eigenvalue weighted by Crippen LogP contribution is 2.62. The van der Waals surface area contributed by atoms with Gasteiger partial charge in [0.1, 0.15) is 0 Å². The lowest BCUT2D eigenvalue weighted by Crippen LogP contribution is -2.29. The Morgan fingerprint density at radius 1 is 1.00 bits per heavy atom. The Hall–Kier alpha value is -1.45. The highest BCUT2D eigenvalue weighted by molar-refractivity contribution is 7.56. The van der Waals surface area contributed by atoms with Crippen LogP contribution in [0.3, 0.4) is 0 Å². The first kappa shape index (κ1) is 19.3. The van der Waals surface area contributed by atoms with Crippen LogP contribution < -0.4 is 0 Å². The molecule has 1 aliphatic rings. The first-order valence-corrected chi connectivity index (χ1v) is 11.1. The molecule has 0 aromatic heterocycles. The SMILES string of the molecule is CCN(CC)P1(=NCc2ccccc2)OC(C)CN1Cc1ccccc1. The van der Waals surface area contributed by atoms with Gasteiger partial charge in [0, 0.05) is 26.2 Å². The Balaban J connectivity index is 1.96. The van der Waals surface area contributed by atoms with E-state index in [2.05, 4.69) is 90.8 Å². The van der Waals surface area contributed by atoms with E-state index in [0.717, 1.165) is 26.2 Å². The monoisotopic (exact) mass is 371 g/mol. The van der Waals surface area contributed by atoms with Gasteiger partial charge in [0.25, 0.3) is 0 Å². The van der Waals surface area contributed by atoms with Gasteiger partial charge in [0.15, 0.2) is 0 Å². The van der Waals surface area contributed by atoms with Crippen molar-refractivity contribution in [2.45, 2.75) is 40.0 Å². The lowest BCUT2D eigenvalue weighted by molar-refractivity contribution is 0.257. The van der Waals surface area contributed by atoms with Gasteiger partial charge in [-0.3, -0.25) is 0 Å². The Bertz CT molecular complexity index is 731. The molecule has 3 rings (SSSR count). The van der Waals surface area contributed by atoms with Gasteiger partial charge in [-0.25, -0.2) is 14.1 Å². The lowest BCUT2D eigenvalue weighted by atomic mass is 10.2. The molecule has 1 fully saturated rings. The van der Waals surface area contributed by atoms with Gasteiger partial charge in [0.2, 0.25) is 7.58 Å². The van der Waals surface area contributed by atoms with Gasteiger partial charge in [-0.2, -0.15) is 0 Å². The topological polar surface area (TPSA) is 28.1 Å². The number of hydrogen-bond donors (Lipinski definition) is 0. The molecule has 0 saturated carbocycles. The molecule has 1 heterocycles. The molecule has 4 nitrogen and oxygen atoms in total. The van der Waals surface area contributed by atoms with Crippen molar-refractivity contribution in [2.24, 2.45) is 4.74 Å². The number of benzene rings is 2. The molecule has 0 N–H and O–H groups in total. The van der Waals surface area contributed by atoms with Crippen molar-refractivity contribution in [2.75, 3.05) is 19.6 Å². The van der Waals surface area contributed by atoms with E-state index < -0.39 is 7.58 Å². The molecule has 1 aliphatic heterocycles. The minimum atomic E-state index is -2.16. The molecule has 140 valence electrons. The van der Waals surface area contributed by atoms with Gasteiger partial charge in [0.05, 0.1) is 12.6 Å². The molecular formula is C21H30N3OP. The van der Waals surface area contributed by atoms with Gasteiger partial charge < -0.3 is 4.52 Å². The maximum absolute atomic E-state index is 6.60. The van der Waals surface area contributed by atoms with Crippen LogP contribution >= 0.6 is 7.58 Å². The maximum Gasteiger partial charge on any atom is 0.228 e. The predicted octanol–water partition coefficient (Wildman–Crippen LogP) is 5.40. The summed E-state index contributed by atoms with van der Waals surface area (Å²) in [6.45, 7) is 11.0. The molecule has 1 saturated heterocycles. The zero-order valence-electron chi connectivity index (χ0n) is 16.1. The van der Waals surface area contributed by atoms with E-state index in [1.807, 2.05) is 0 Å². The molecule has 2 atom stereocenters.